The fourth-order valence-corrected chi connectivity index (χ4v) is 4.71. The highest BCUT2D eigenvalue weighted by Crippen LogP contribution is 2.32. The van der Waals surface area contributed by atoms with Crippen LogP contribution in [0.15, 0.2) is 60.3 Å². The molecule has 0 amide bonds. The molecule has 1 saturated heterocycles. The number of rotatable bonds is 4. The highest BCUT2D eigenvalue weighted by Gasteiger charge is 2.26. The van der Waals surface area contributed by atoms with Crippen LogP contribution in [-0.2, 0) is 6.42 Å². The van der Waals surface area contributed by atoms with Crippen LogP contribution in [0.5, 0.6) is 0 Å². The Kier molecular flexibility index (Phi) is 4.51. The second kappa shape index (κ2) is 7.30. The summed E-state index contributed by atoms with van der Waals surface area (Å²) in [5, 5.41) is 10.3. The van der Waals surface area contributed by atoms with Crippen LogP contribution in [0.1, 0.15) is 11.1 Å². The van der Waals surface area contributed by atoms with Gasteiger partial charge in [-0.2, -0.15) is 5.26 Å². The Morgan fingerprint density at radius 1 is 1.14 bits per heavy atom. The lowest BCUT2D eigenvalue weighted by atomic mass is 10.1. The molecule has 2 N–H and O–H groups in total. The number of piperazine rings is 1. The number of hydrogen-bond acceptors (Lipinski definition) is 6. The number of nitrogens with zero attached hydrogens (tertiary/aromatic N) is 4. The van der Waals surface area contributed by atoms with Crippen molar-refractivity contribution in [2.75, 3.05) is 32.7 Å². The lowest BCUT2D eigenvalue weighted by Crippen LogP contribution is -2.47. The van der Waals surface area contributed by atoms with Crippen LogP contribution in [0.4, 0.5) is 0 Å². The first-order chi connectivity index (χ1) is 13.8. The molecular weight excluding hydrogens is 368 g/mol. The molecule has 142 valence electrons. The topological polar surface area (TPSA) is 61.3 Å². The molecule has 3 aliphatic heterocycles. The Balaban J connectivity index is 1.20. The van der Waals surface area contributed by atoms with Crippen molar-refractivity contribution in [2.45, 2.75) is 6.42 Å². The first kappa shape index (κ1) is 17.3. The van der Waals surface area contributed by atoms with E-state index in [4.69, 9.17) is 5.26 Å². The van der Waals surface area contributed by atoms with Crippen LogP contribution in [0.2, 0.25) is 0 Å². The second-order valence-electron chi connectivity index (χ2n) is 7.22. The van der Waals surface area contributed by atoms with E-state index in [2.05, 4.69) is 60.6 Å². The predicted molar refractivity (Wildman–Crippen MR) is 113 cm³/mol. The van der Waals surface area contributed by atoms with Gasteiger partial charge in [-0.25, -0.2) is 0 Å². The summed E-state index contributed by atoms with van der Waals surface area (Å²) in [5.74, 6) is 0. The third kappa shape index (κ3) is 3.15. The summed E-state index contributed by atoms with van der Waals surface area (Å²) in [7, 11) is 0. The Hall–Kier alpha value is -2.82. The number of H-pyrrole nitrogens is 1. The second-order valence-corrected chi connectivity index (χ2v) is 8.03. The van der Waals surface area contributed by atoms with Gasteiger partial charge in [-0.05, 0) is 42.3 Å². The fraction of sp³-hybridized carbons (Fsp3) is 0.286. The van der Waals surface area contributed by atoms with Gasteiger partial charge in [0.15, 0.2) is 0 Å². The maximum absolute atomic E-state index is 9.15. The third-order valence-corrected chi connectivity index (χ3v) is 6.37. The number of nitrogens with one attached hydrogen (secondary N) is 2. The largest absolute Gasteiger partial charge is 0.367 e. The van der Waals surface area contributed by atoms with Gasteiger partial charge in [-0.3, -0.25) is 9.21 Å². The SMILES string of the molecule is N#Cc1ccc2[nH]cc(CCN3CCN(C4=CC=CN5SNC=C45)CC3)c2c1. The molecule has 3 aliphatic rings. The molecule has 1 aromatic carbocycles. The number of aromatic nitrogens is 1. The first-order valence-corrected chi connectivity index (χ1v) is 10.4. The fourth-order valence-electron chi connectivity index (χ4n) is 4.06. The van der Waals surface area contributed by atoms with E-state index in [1.54, 1.807) is 12.1 Å². The third-order valence-electron chi connectivity index (χ3n) is 5.63. The molecule has 2 aromatic rings. The van der Waals surface area contributed by atoms with Crippen LogP contribution in [0.3, 0.4) is 0 Å². The Bertz CT molecular complexity index is 1020. The molecule has 0 saturated carbocycles. The Morgan fingerprint density at radius 2 is 2.04 bits per heavy atom. The molecule has 1 aromatic heterocycles. The summed E-state index contributed by atoms with van der Waals surface area (Å²) >= 11 is 1.61. The molecule has 28 heavy (non-hydrogen) atoms. The molecule has 0 aliphatic carbocycles. The summed E-state index contributed by atoms with van der Waals surface area (Å²) in [6.07, 6.45) is 11.6. The monoisotopic (exact) mass is 390 g/mol. The van der Waals surface area contributed by atoms with Crippen LogP contribution < -0.4 is 4.72 Å². The van der Waals surface area contributed by atoms with E-state index in [-0.39, 0.29) is 0 Å². The van der Waals surface area contributed by atoms with Gasteiger partial charge in [0.2, 0.25) is 0 Å². The van der Waals surface area contributed by atoms with Gasteiger partial charge in [0, 0.05) is 62.2 Å². The van der Waals surface area contributed by atoms with Crippen LogP contribution in [0.25, 0.3) is 10.9 Å². The summed E-state index contributed by atoms with van der Waals surface area (Å²) in [6.45, 7) is 5.27. The van der Waals surface area contributed by atoms with Crippen molar-refractivity contribution in [3.05, 3.63) is 71.5 Å². The number of hydrogen-bond donors (Lipinski definition) is 2. The lowest BCUT2D eigenvalue weighted by molar-refractivity contribution is 0.160. The molecule has 4 heterocycles. The number of aromatic amines is 1. The quantitative estimate of drug-likeness (QED) is 0.783. The van der Waals surface area contributed by atoms with Crippen molar-refractivity contribution in [1.29, 1.82) is 5.26 Å². The van der Waals surface area contributed by atoms with E-state index < -0.39 is 0 Å². The average molecular weight is 391 g/mol. The molecule has 0 atom stereocenters. The van der Waals surface area contributed by atoms with Gasteiger partial charge < -0.3 is 14.6 Å². The van der Waals surface area contributed by atoms with Crippen molar-refractivity contribution in [3.63, 3.8) is 0 Å². The standard InChI is InChI=1S/C21H22N6S/c22-13-16-3-4-19-18(12-16)17(14-23-19)5-7-25-8-10-26(11-9-25)20-2-1-6-27-21(20)15-24-28-27/h1-4,6,12,14-15,23-24H,5,7-11H2. The molecular formula is C21H22N6S. The summed E-state index contributed by atoms with van der Waals surface area (Å²) in [4.78, 5) is 8.35. The Morgan fingerprint density at radius 3 is 2.89 bits per heavy atom. The first-order valence-electron chi connectivity index (χ1n) is 9.60. The van der Waals surface area contributed by atoms with E-state index in [0.29, 0.717) is 0 Å². The lowest BCUT2D eigenvalue weighted by Gasteiger charge is -2.38. The van der Waals surface area contributed by atoms with Crippen molar-refractivity contribution >= 4 is 23.0 Å². The minimum atomic E-state index is 0.722. The average Bonchev–Trinajstić information content (AvgIpc) is 3.39. The zero-order chi connectivity index (χ0) is 18.9. The predicted octanol–water partition coefficient (Wildman–Crippen LogP) is 2.92. The van der Waals surface area contributed by atoms with Crippen LogP contribution in [-0.4, -0.2) is 51.8 Å². The minimum absolute atomic E-state index is 0.722. The highest BCUT2D eigenvalue weighted by molar-refractivity contribution is 7.95. The summed E-state index contributed by atoms with van der Waals surface area (Å²) < 4.78 is 5.40. The van der Waals surface area contributed by atoms with Gasteiger partial charge in [-0.1, -0.05) is 0 Å². The number of allylic oxidation sites excluding steroid dienone is 2. The number of benzene rings is 1. The van der Waals surface area contributed by atoms with Crippen molar-refractivity contribution in [3.8, 4) is 6.07 Å². The number of fused-ring (bicyclic) bond motifs is 2. The van der Waals surface area contributed by atoms with Gasteiger partial charge in [0.25, 0.3) is 0 Å². The van der Waals surface area contributed by atoms with E-state index in [1.807, 2.05) is 18.2 Å². The van der Waals surface area contributed by atoms with Crippen molar-refractivity contribution < 1.29 is 0 Å². The van der Waals surface area contributed by atoms with E-state index >= 15 is 0 Å². The molecule has 7 heteroatoms. The zero-order valence-electron chi connectivity index (χ0n) is 15.6. The molecule has 0 bridgehead atoms. The normalized spacial score (nSPS) is 19.2. The van der Waals surface area contributed by atoms with Gasteiger partial charge in [-0.15, -0.1) is 0 Å². The minimum Gasteiger partial charge on any atom is -0.367 e. The maximum Gasteiger partial charge on any atom is 0.0991 e. The summed E-state index contributed by atoms with van der Waals surface area (Å²) in [6, 6.07) is 8.10. The molecule has 5 rings (SSSR count). The Labute approximate surface area is 169 Å². The van der Waals surface area contributed by atoms with Gasteiger partial charge in [0.05, 0.1) is 35.2 Å². The highest BCUT2D eigenvalue weighted by atomic mass is 32.2. The maximum atomic E-state index is 9.15. The van der Waals surface area contributed by atoms with E-state index in [9.17, 15) is 0 Å². The molecule has 0 spiro atoms. The van der Waals surface area contributed by atoms with Crippen LogP contribution >= 0.6 is 12.1 Å². The molecule has 6 nitrogen and oxygen atoms in total. The number of nitriles is 1. The van der Waals surface area contributed by atoms with Crippen LogP contribution in [0, 0.1) is 11.3 Å². The summed E-state index contributed by atoms with van der Waals surface area (Å²) in [5.41, 5.74) is 5.68. The molecule has 1 fully saturated rings. The molecule has 0 unspecified atom stereocenters. The van der Waals surface area contributed by atoms with Crippen molar-refractivity contribution in [2.24, 2.45) is 0 Å². The van der Waals surface area contributed by atoms with Crippen molar-refractivity contribution in [1.82, 2.24) is 23.8 Å². The van der Waals surface area contributed by atoms with Gasteiger partial charge >= 0.3 is 0 Å². The van der Waals surface area contributed by atoms with E-state index in [1.165, 1.54) is 22.3 Å². The zero-order valence-corrected chi connectivity index (χ0v) is 16.4. The smallest absolute Gasteiger partial charge is 0.0991 e. The molecule has 0 radical (unpaired) electrons. The van der Waals surface area contributed by atoms with Gasteiger partial charge in [0.1, 0.15) is 0 Å². The van der Waals surface area contributed by atoms with E-state index in [0.717, 1.165) is 50.2 Å².